The zero-order valence-corrected chi connectivity index (χ0v) is 28.6. The Morgan fingerprint density at radius 3 is 2.33 bits per heavy atom. The van der Waals surface area contributed by atoms with Gasteiger partial charge in [-0.1, -0.05) is 52.9 Å². The lowest BCUT2D eigenvalue weighted by Crippen LogP contribution is -2.62. The molecule has 5 amide bonds. The number of primary amides is 1. The second kappa shape index (κ2) is 14.1. The monoisotopic (exact) mass is 654 g/mol. The Bertz CT molecular complexity index is 1340. The van der Waals surface area contributed by atoms with E-state index < -0.39 is 64.0 Å². The van der Waals surface area contributed by atoms with Crippen LogP contribution < -0.4 is 21.7 Å². The summed E-state index contributed by atoms with van der Waals surface area (Å²) in [7, 11) is 0. The lowest BCUT2D eigenvalue weighted by Gasteiger charge is -2.40. The fraction of sp³-hybridized carbons (Fsp3) is 0.706. The number of nitrogens with two attached hydrogens (primary N) is 1. The van der Waals surface area contributed by atoms with Gasteiger partial charge in [-0.2, -0.15) is 0 Å². The Morgan fingerprint density at radius 1 is 1.11 bits per heavy atom. The molecule has 0 radical (unpaired) electrons. The van der Waals surface area contributed by atoms with E-state index in [1.807, 2.05) is 40.0 Å². The average molecular weight is 655 g/mol. The molecule has 1 aromatic heterocycles. The van der Waals surface area contributed by atoms with Crippen LogP contribution in [-0.4, -0.2) is 69.6 Å². The van der Waals surface area contributed by atoms with Crippen molar-refractivity contribution in [3.05, 3.63) is 16.6 Å². The molecule has 3 aliphatic rings. The van der Waals surface area contributed by atoms with Gasteiger partial charge in [0, 0.05) is 35.5 Å². The minimum Gasteiger partial charge on any atom is -0.363 e. The molecule has 2 saturated carbocycles. The maximum atomic E-state index is 14.4. The molecule has 1 aromatic rings. The van der Waals surface area contributed by atoms with Crippen molar-refractivity contribution >= 4 is 40.9 Å². The van der Waals surface area contributed by atoms with Crippen LogP contribution in [0.5, 0.6) is 0 Å². The molecule has 11 nitrogen and oxygen atoms in total. The second-order valence-corrected chi connectivity index (χ2v) is 16.1. The number of hydrogen-bond acceptors (Lipinski definition) is 7. The molecule has 5 N–H and O–H groups in total. The first-order chi connectivity index (χ1) is 21.5. The Kier molecular flexibility index (Phi) is 10.9. The normalized spacial score (nSPS) is 22.7. The number of aromatic nitrogens is 1. The van der Waals surface area contributed by atoms with Gasteiger partial charge in [-0.15, -0.1) is 23.7 Å². The van der Waals surface area contributed by atoms with E-state index in [9.17, 15) is 24.0 Å². The van der Waals surface area contributed by atoms with Crippen LogP contribution in [-0.2, 0) is 25.6 Å². The van der Waals surface area contributed by atoms with Crippen LogP contribution >= 0.6 is 11.3 Å². The number of terminal acetylenes is 1. The zero-order chi connectivity index (χ0) is 33.9. The molecular weight excluding hydrogens is 604 g/mol. The summed E-state index contributed by atoms with van der Waals surface area (Å²) in [5.74, 6) is -0.0818. The lowest BCUT2D eigenvalue weighted by molar-refractivity contribution is -0.143. The molecule has 46 heavy (non-hydrogen) atoms. The summed E-state index contributed by atoms with van der Waals surface area (Å²) in [6.07, 6.45) is 15.4. The minimum absolute atomic E-state index is 0.203. The summed E-state index contributed by atoms with van der Waals surface area (Å²) in [5, 5.41) is 11.8. The minimum atomic E-state index is -1.11. The smallest absolute Gasteiger partial charge is 0.315 e. The van der Waals surface area contributed by atoms with Crippen molar-refractivity contribution in [1.29, 1.82) is 0 Å². The van der Waals surface area contributed by atoms with Crippen LogP contribution in [0.1, 0.15) is 97.4 Å². The quantitative estimate of drug-likeness (QED) is 0.200. The Hall–Kier alpha value is -3.46. The molecule has 3 fully saturated rings. The van der Waals surface area contributed by atoms with Gasteiger partial charge in [0.1, 0.15) is 12.1 Å². The molecule has 4 rings (SSSR count). The van der Waals surface area contributed by atoms with Gasteiger partial charge >= 0.3 is 6.03 Å². The van der Waals surface area contributed by atoms with Gasteiger partial charge < -0.3 is 26.6 Å². The van der Waals surface area contributed by atoms with Crippen molar-refractivity contribution in [1.82, 2.24) is 25.8 Å². The highest BCUT2D eigenvalue weighted by molar-refractivity contribution is 7.09. The van der Waals surface area contributed by atoms with Gasteiger partial charge in [0.15, 0.2) is 0 Å². The molecule has 4 atom stereocenters. The molecule has 1 unspecified atom stereocenters. The predicted octanol–water partition coefficient (Wildman–Crippen LogP) is 3.32. The molecule has 2 aliphatic carbocycles. The van der Waals surface area contributed by atoms with Gasteiger partial charge in [0.2, 0.25) is 17.6 Å². The van der Waals surface area contributed by atoms with E-state index in [0.29, 0.717) is 12.8 Å². The van der Waals surface area contributed by atoms with Crippen molar-refractivity contribution in [3.63, 3.8) is 0 Å². The number of amides is 5. The molecule has 2 heterocycles. The number of thiazole rings is 1. The van der Waals surface area contributed by atoms with Crippen LogP contribution in [0.15, 0.2) is 11.6 Å². The third kappa shape index (κ3) is 8.66. The Morgan fingerprint density at radius 2 is 1.78 bits per heavy atom. The van der Waals surface area contributed by atoms with Crippen LogP contribution in [0.3, 0.4) is 0 Å². The summed E-state index contributed by atoms with van der Waals surface area (Å²) in [4.78, 5) is 72.4. The molecule has 1 aliphatic heterocycles. The number of nitrogens with one attached hydrogen (secondary N) is 3. The predicted molar refractivity (Wildman–Crippen MR) is 176 cm³/mol. The van der Waals surface area contributed by atoms with Crippen molar-refractivity contribution in [2.75, 3.05) is 6.54 Å². The highest BCUT2D eigenvalue weighted by Gasteiger charge is 2.49. The van der Waals surface area contributed by atoms with E-state index >= 15 is 0 Å². The highest BCUT2D eigenvalue weighted by atomic mass is 32.1. The van der Waals surface area contributed by atoms with E-state index in [0.717, 1.165) is 50.0 Å². The second-order valence-electron chi connectivity index (χ2n) is 15.1. The van der Waals surface area contributed by atoms with Crippen molar-refractivity contribution < 1.29 is 24.0 Å². The third-order valence-electron chi connectivity index (χ3n) is 9.97. The van der Waals surface area contributed by atoms with Gasteiger partial charge in [0.05, 0.1) is 11.0 Å². The number of likely N-dealkylation sites (tertiary alicyclic amines) is 1. The van der Waals surface area contributed by atoms with E-state index in [1.54, 1.807) is 17.5 Å². The standard InChI is InChI=1S/C34H50N6O5S/c1-7-33(5,6)22-18-24(29(43)37-23(17-21-11-12-21)26(41)28(35)42)40(20-22)30(44)27(32(2,3)4)38-31(45)39-34(13-9-8-10-14-34)19-25-36-15-16-46-25/h1,15-16,21-24,27H,8-14,17-20H2,2-6H3,(H2,35,42)(H,37,43)(H2,38,39,45)/t22-,23?,24+,27-/m1/s1. The SMILES string of the molecule is C#CC(C)(C)[C@@H]1C[C@@H](C(=O)NC(CC2CC2)C(=O)C(N)=O)N(C(=O)[C@@H](NC(=O)NC2(Cc3nccs3)CCCCC2)C(C)(C)C)C1. The van der Waals surface area contributed by atoms with Crippen molar-refractivity contribution in [2.45, 2.75) is 122 Å². The summed E-state index contributed by atoms with van der Waals surface area (Å²) in [5.41, 5.74) is 3.50. The zero-order valence-electron chi connectivity index (χ0n) is 27.8. The van der Waals surface area contributed by atoms with Crippen LogP contribution in [0.25, 0.3) is 0 Å². The first kappa shape index (κ1) is 35.4. The van der Waals surface area contributed by atoms with Crippen LogP contribution in [0, 0.1) is 35.0 Å². The van der Waals surface area contributed by atoms with E-state index in [2.05, 4.69) is 26.9 Å². The molecule has 0 aromatic carbocycles. The number of urea groups is 1. The summed E-state index contributed by atoms with van der Waals surface area (Å²) < 4.78 is 0. The van der Waals surface area contributed by atoms with E-state index in [4.69, 9.17) is 12.2 Å². The maximum Gasteiger partial charge on any atom is 0.315 e. The van der Waals surface area contributed by atoms with Gasteiger partial charge in [-0.25, -0.2) is 9.78 Å². The summed E-state index contributed by atoms with van der Waals surface area (Å²) >= 11 is 1.56. The summed E-state index contributed by atoms with van der Waals surface area (Å²) in [6, 6.07) is -3.41. The van der Waals surface area contributed by atoms with E-state index in [-0.39, 0.29) is 24.8 Å². The molecule has 252 valence electrons. The van der Waals surface area contributed by atoms with Gasteiger partial charge in [-0.05, 0) is 56.8 Å². The Balaban J connectivity index is 1.56. The van der Waals surface area contributed by atoms with Crippen LogP contribution in [0.4, 0.5) is 4.79 Å². The Labute approximate surface area is 276 Å². The topological polar surface area (TPSA) is 164 Å². The fourth-order valence-electron chi connectivity index (χ4n) is 6.75. The number of hydrogen-bond donors (Lipinski definition) is 4. The first-order valence-electron chi connectivity index (χ1n) is 16.4. The largest absolute Gasteiger partial charge is 0.363 e. The number of carbonyl (C=O) groups excluding carboxylic acids is 5. The first-order valence-corrected chi connectivity index (χ1v) is 17.3. The van der Waals surface area contributed by atoms with Crippen LogP contribution in [0.2, 0.25) is 0 Å². The van der Waals surface area contributed by atoms with Crippen molar-refractivity contribution in [3.8, 4) is 12.3 Å². The number of nitrogens with zero attached hydrogens (tertiary/aromatic N) is 2. The summed E-state index contributed by atoms with van der Waals surface area (Å²) in [6.45, 7) is 9.60. The van der Waals surface area contributed by atoms with Gasteiger partial charge in [0.25, 0.3) is 5.91 Å². The number of rotatable bonds is 12. The number of carbonyl (C=O) groups is 5. The maximum absolute atomic E-state index is 14.4. The van der Waals surface area contributed by atoms with Crippen molar-refractivity contribution in [2.24, 2.45) is 28.4 Å². The number of ketones is 1. The molecule has 1 saturated heterocycles. The van der Waals surface area contributed by atoms with Gasteiger partial charge in [-0.3, -0.25) is 19.2 Å². The molecule has 0 spiro atoms. The molecule has 12 heteroatoms. The fourth-order valence-corrected chi connectivity index (χ4v) is 7.51. The third-order valence-corrected chi connectivity index (χ3v) is 10.8. The van der Waals surface area contributed by atoms with E-state index in [1.165, 1.54) is 4.90 Å². The molecular formula is C34H50N6O5S. The number of Topliss-reactive ketones (excluding diaryl/α,β-unsaturated/α-hetero) is 1. The highest BCUT2D eigenvalue weighted by Crippen LogP contribution is 2.39. The lowest BCUT2D eigenvalue weighted by atomic mass is 9.78. The molecule has 0 bridgehead atoms. The average Bonchev–Trinajstić information content (AvgIpc) is 3.44.